The van der Waals surface area contributed by atoms with Gasteiger partial charge in [-0.15, -0.1) is 6.58 Å². The molecule has 0 unspecified atom stereocenters. The Kier molecular flexibility index (Phi) is 2.86. The highest BCUT2D eigenvalue weighted by molar-refractivity contribution is 5.40. The van der Waals surface area contributed by atoms with Crippen LogP contribution in [0.5, 0.6) is 5.75 Å². The van der Waals surface area contributed by atoms with Gasteiger partial charge in [-0.3, -0.25) is 0 Å². The van der Waals surface area contributed by atoms with Gasteiger partial charge in [0, 0.05) is 11.6 Å². The zero-order valence-electron chi connectivity index (χ0n) is 7.72. The Balaban J connectivity index is 3.46. The molecule has 0 aliphatic rings. The van der Waals surface area contributed by atoms with Gasteiger partial charge in [0.1, 0.15) is 5.82 Å². The van der Waals surface area contributed by atoms with Crippen LogP contribution in [0.2, 0.25) is 0 Å². The van der Waals surface area contributed by atoms with E-state index in [1.165, 1.54) is 13.0 Å². The smallest absolute Gasteiger partial charge is 0.170 e. The molecule has 0 bridgehead atoms. The molecule has 0 heterocycles. The van der Waals surface area contributed by atoms with E-state index in [1.807, 2.05) is 0 Å². The van der Waals surface area contributed by atoms with Gasteiger partial charge in [0.05, 0.1) is 6.04 Å². The molecule has 0 saturated carbocycles. The zero-order valence-corrected chi connectivity index (χ0v) is 7.72. The molecule has 0 aliphatic heterocycles. The van der Waals surface area contributed by atoms with Crippen molar-refractivity contribution in [2.45, 2.75) is 13.0 Å². The monoisotopic (exact) mass is 199 g/mol. The van der Waals surface area contributed by atoms with Gasteiger partial charge in [-0.05, 0) is 12.5 Å². The summed E-state index contributed by atoms with van der Waals surface area (Å²) >= 11 is 0. The van der Waals surface area contributed by atoms with Crippen LogP contribution in [0.25, 0.3) is 0 Å². The summed E-state index contributed by atoms with van der Waals surface area (Å²) in [5.41, 5.74) is 5.53. The second-order valence-electron chi connectivity index (χ2n) is 2.99. The normalized spacial score (nSPS) is 12.6. The molecule has 1 atom stereocenters. The van der Waals surface area contributed by atoms with Crippen molar-refractivity contribution >= 4 is 0 Å². The average molecular weight is 199 g/mol. The number of phenols is 1. The van der Waals surface area contributed by atoms with Crippen molar-refractivity contribution in [1.82, 2.24) is 0 Å². The number of phenolic OH excluding ortho intramolecular Hbond substituents is 1. The Morgan fingerprint density at radius 2 is 2.14 bits per heavy atom. The molecule has 2 nitrogen and oxygen atoms in total. The predicted molar refractivity (Wildman–Crippen MR) is 49.9 cm³/mol. The lowest BCUT2D eigenvalue weighted by Crippen LogP contribution is -2.12. The highest BCUT2D eigenvalue weighted by atomic mass is 19.1. The number of rotatable bonds is 2. The van der Waals surface area contributed by atoms with Gasteiger partial charge in [-0.2, -0.15) is 0 Å². The first-order chi connectivity index (χ1) is 6.49. The Morgan fingerprint density at radius 3 is 2.64 bits per heavy atom. The van der Waals surface area contributed by atoms with Gasteiger partial charge >= 0.3 is 0 Å². The van der Waals surface area contributed by atoms with E-state index in [9.17, 15) is 8.78 Å². The standard InChI is InChI=1S/C10H11F2NO/c1-3-7(13)9-5(2)6(11)4-8(14)10(9)12/h3-4,7,14H,1,13H2,2H3/t7-/m1/s1. The van der Waals surface area contributed by atoms with Crippen LogP contribution < -0.4 is 5.73 Å². The highest BCUT2D eigenvalue weighted by Gasteiger charge is 2.18. The molecule has 76 valence electrons. The summed E-state index contributed by atoms with van der Waals surface area (Å²) in [7, 11) is 0. The molecule has 1 rings (SSSR count). The van der Waals surface area contributed by atoms with Gasteiger partial charge in [0.25, 0.3) is 0 Å². The third-order valence-electron chi connectivity index (χ3n) is 2.07. The minimum absolute atomic E-state index is 0.0579. The van der Waals surface area contributed by atoms with Crippen LogP contribution in [0.1, 0.15) is 17.2 Å². The third-order valence-corrected chi connectivity index (χ3v) is 2.07. The van der Waals surface area contributed by atoms with Crippen LogP contribution in [-0.2, 0) is 0 Å². The van der Waals surface area contributed by atoms with E-state index in [2.05, 4.69) is 6.58 Å². The van der Waals surface area contributed by atoms with Crippen molar-refractivity contribution < 1.29 is 13.9 Å². The van der Waals surface area contributed by atoms with E-state index in [1.54, 1.807) is 0 Å². The summed E-state index contributed by atoms with van der Waals surface area (Å²) in [5.74, 6) is -2.31. The molecule has 0 aliphatic carbocycles. The van der Waals surface area contributed by atoms with Gasteiger partial charge in [-0.1, -0.05) is 6.08 Å². The quantitative estimate of drug-likeness (QED) is 0.717. The number of aromatic hydroxyl groups is 1. The lowest BCUT2D eigenvalue weighted by molar-refractivity contribution is 0.419. The van der Waals surface area contributed by atoms with Crippen molar-refractivity contribution in [3.05, 3.63) is 41.5 Å². The molecule has 4 heteroatoms. The number of hydrogen-bond donors (Lipinski definition) is 2. The van der Waals surface area contributed by atoms with Crippen LogP contribution in [0.3, 0.4) is 0 Å². The molecule has 0 aromatic heterocycles. The van der Waals surface area contributed by atoms with Crippen molar-refractivity contribution in [3.63, 3.8) is 0 Å². The molecular weight excluding hydrogens is 188 g/mol. The van der Waals surface area contributed by atoms with Crippen molar-refractivity contribution in [3.8, 4) is 5.75 Å². The lowest BCUT2D eigenvalue weighted by Gasteiger charge is -2.13. The first-order valence-electron chi connectivity index (χ1n) is 4.04. The number of benzene rings is 1. The van der Waals surface area contributed by atoms with E-state index in [4.69, 9.17) is 10.8 Å². The van der Waals surface area contributed by atoms with Gasteiger partial charge in [0.2, 0.25) is 0 Å². The van der Waals surface area contributed by atoms with E-state index >= 15 is 0 Å². The summed E-state index contributed by atoms with van der Waals surface area (Å²) in [5, 5.41) is 9.04. The zero-order chi connectivity index (χ0) is 10.9. The number of hydrogen-bond acceptors (Lipinski definition) is 2. The maximum atomic E-state index is 13.3. The van der Waals surface area contributed by atoms with E-state index in [-0.39, 0.29) is 11.1 Å². The molecule has 0 spiro atoms. The molecule has 0 saturated heterocycles. The number of halogens is 2. The Morgan fingerprint density at radius 1 is 1.57 bits per heavy atom. The van der Waals surface area contributed by atoms with E-state index < -0.39 is 23.4 Å². The fourth-order valence-corrected chi connectivity index (χ4v) is 1.24. The van der Waals surface area contributed by atoms with Crippen LogP contribution in [0, 0.1) is 18.6 Å². The highest BCUT2D eigenvalue weighted by Crippen LogP contribution is 2.29. The van der Waals surface area contributed by atoms with Gasteiger partial charge in [0.15, 0.2) is 11.6 Å². The minimum Gasteiger partial charge on any atom is -0.505 e. The minimum atomic E-state index is -0.892. The number of nitrogens with two attached hydrogens (primary N) is 1. The average Bonchev–Trinajstić information content (AvgIpc) is 2.15. The van der Waals surface area contributed by atoms with E-state index in [0.717, 1.165) is 6.07 Å². The second-order valence-corrected chi connectivity index (χ2v) is 2.99. The maximum absolute atomic E-state index is 13.3. The first-order valence-corrected chi connectivity index (χ1v) is 4.04. The van der Waals surface area contributed by atoms with Crippen LogP contribution in [0.15, 0.2) is 18.7 Å². The summed E-state index contributed by atoms with van der Waals surface area (Å²) in [6.07, 6.45) is 1.28. The molecule has 3 N–H and O–H groups in total. The van der Waals surface area contributed by atoms with Crippen molar-refractivity contribution in [1.29, 1.82) is 0 Å². The van der Waals surface area contributed by atoms with Crippen LogP contribution in [0.4, 0.5) is 8.78 Å². The molecule has 0 radical (unpaired) electrons. The summed E-state index contributed by atoms with van der Waals surface area (Å²) in [6, 6.07) is -0.0964. The molecule has 0 amide bonds. The molecule has 14 heavy (non-hydrogen) atoms. The summed E-state index contributed by atoms with van der Waals surface area (Å²) in [4.78, 5) is 0. The first kappa shape index (κ1) is 10.7. The topological polar surface area (TPSA) is 46.2 Å². The van der Waals surface area contributed by atoms with Gasteiger partial charge in [-0.25, -0.2) is 8.78 Å². The van der Waals surface area contributed by atoms with Gasteiger partial charge < -0.3 is 10.8 Å². The largest absolute Gasteiger partial charge is 0.505 e. The lowest BCUT2D eigenvalue weighted by atomic mass is 10.00. The predicted octanol–water partition coefficient (Wildman–Crippen LogP) is 2.16. The Labute approximate surface area is 80.7 Å². The van der Waals surface area contributed by atoms with Crippen molar-refractivity contribution in [2.75, 3.05) is 0 Å². The molecule has 0 fully saturated rings. The second kappa shape index (κ2) is 3.75. The fraction of sp³-hybridized carbons (Fsp3) is 0.200. The summed E-state index contributed by atoms with van der Waals surface area (Å²) < 4.78 is 26.4. The molecule has 1 aromatic rings. The van der Waals surface area contributed by atoms with E-state index in [0.29, 0.717) is 0 Å². The fourth-order valence-electron chi connectivity index (χ4n) is 1.24. The Hall–Kier alpha value is -1.42. The maximum Gasteiger partial charge on any atom is 0.170 e. The van der Waals surface area contributed by atoms with Crippen LogP contribution >= 0.6 is 0 Å². The Bertz CT molecular complexity index is 351. The van der Waals surface area contributed by atoms with Crippen molar-refractivity contribution in [2.24, 2.45) is 5.73 Å². The molecule has 1 aromatic carbocycles. The van der Waals surface area contributed by atoms with Crippen LogP contribution in [-0.4, -0.2) is 5.11 Å². The SMILES string of the molecule is C=C[C@@H](N)c1c(C)c(F)cc(O)c1F. The molecular formula is C10H11F2NO. The third kappa shape index (κ3) is 1.61. The summed E-state index contributed by atoms with van der Waals surface area (Å²) in [6.45, 7) is 4.78.